The van der Waals surface area contributed by atoms with E-state index >= 15 is 0 Å². The van der Waals surface area contributed by atoms with Crippen LogP contribution in [0.15, 0.2) is 47.4 Å². The summed E-state index contributed by atoms with van der Waals surface area (Å²) in [5.41, 5.74) is 0.419. The maximum Gasteiger partial charge on any atom is 1.00 e. The van der Waals surface area contributed by atoms with Gasteiger partial charge >= 0.3 is 51.4 Å². The first kappa shape index (κ1) is 28.6. The molecule has 1 N–H and O–H groups in total. The molecule has 0 atom stereocenters. The van der Waals surface area contributed by atoms with Crippen LogP contribution < -0.4 is 61.2 Å². The monoisotopic (exact) mass is 472 g/mol. The van der Waals surface area contributed by atoms with E-state index in [-0.39, 0.29) is 62.0 Å². The summed E-state index contributed by atoms with van der Waals surface area (Å²) in [4.78, 5) is -0.316. The maximum absolute atomic E-state index is 12.3. The predicted molar refractivity (Wildman–Crippen MR) is 118 cm³/mol. The van der Waals surface area contributed by atoms with E-state index in [2.05, 4.69) is 6.92 Å². The maximum atomic E-state index is 12.3. The van der Waals surface area contributed by atoms with Crippen LogP contribution in [-0.4, -0.2) is 13.0 Å². The molecular weight excluding hydrogens is 439 g/mol. The van der Waals surface area contributed by atoms with E-state index in [1.165, 1.54) is 51.0 Å². The van der Waals surface area contributed by atoms with Crippen molar-refractivity contribution in [2.45, 2.75) is 82.4 Å². The van der Waals surface area contributed by atoms with Crippen LogP contribution in [0.25, 0.3) is 0 Å². The van der Waals surface area contributed by atoms with Gasteiger partial charge < -0.3 is 9.84 Å². The zero-order valence-corrected chi connectivity index (χ0v) is 22.7. The van der Waals surface area contributed by atoms with Gasteiger partial charge in [-0.1, -0.05) is 88.7 Å². The van der Waals surface area contributed by atoms with Crippen LogP contribution in [-0.2, 0) is 16.5 Å². The smallest absolute Gasteiger partial charge is 0.870 e. The number of rotatable bonds is 14. The molecule has 5 nitrogen and oxygen atoms in total. The fraction of sp³-hybridized carbons (Fsp3) is 0.500. The van der Waals surface area contributed by atoms with Gasteiger partial charge in [0.1, 0.15) is 11.5 Å². The van der Waals surface area contributed by atoms with Crippen molar-refractivity contribution in [3.63, 3.8) is 0 Å². The van der Waals surface area contributed by atoms with Gasteiger partial charge in [-0.15, -0.1) is 0 Å². The molecule has 2 rings (SSSR count). The molecule has 7 heteroatoms. The van der Waals surface area contributed by atoms with E-state index in [1.807, 2.05) is 6.07 Å². The van der Waals surface area contributed by atoms with Gasteiger partial charge in [-0.2, -0.15) is 8.42 Å². The molecule has 2 aromatic carbocycles. The van der Waals surface area contributed by atoms with Gasteiger partial charge in [0.25, 0.3) is 10.1 Å². The molecule has 0 radical (unpaired) electrons. The topological polar surface area (TPSA) is 86.7 Å². The summed E-state index contributed by atoms with van der Waals surface area (Å²) in [5, 5.41) is 12.3. The second-order valence-corrected chi connectivity index (χ2v) is 9.12. The Kier molecular flexibility index (Phi) is 14.2. The van der Waals surface area contributed by atoms with Gasteiger partial charge in [0.2, 0.25) is 0 Å². The van der Waals surface area contributed by atoms with Gasteiger partial charge in [0.05, 0.1) is 4.90 Å². The van der Waals surface area contributed by atoms with Crippen molar-refractivity contribution >= 4 is 10.1 Å². The van der Waals surface area contributed by atoms with E-state index < -0.39 is 15.9 Å². The summed E-state index contributed by atoms with van der Waals surface area (Å²) >= 11 is 0. The van der Waals surface area contributed by atoms with Crippen molar-refractivity contribution in [3.8, 4) is 17.2 Å². The van der Waals surface area contributed by atoms with Crippen molar-refractivity contribution in [1.82, 2.24) is 0 Å². The molecule has 0 aliphatic heterocycles. The average Bonchev–Trinajstić information content (AvgIpc) is 2.71. The minimum absolute atomic E-state index is 0. The van der Waals surface area contributed by atoms with Crippen molar-refractivity contribution < 1.29 is 74.2 Å². The normalized spacial score (nSPS) is 11.2. The zero-order valence-electron chi connectivity index (χ0n) is 18.8. The Labute approximate surface area is 229 Å². The van der Waals surface area contributed by atoms with Crippen LogP contribution in [0.1, 0.15) is 76.7 Å². The standard InChI is InChI=1S/C24H34O5S.K/c1-2-3-4-5-6-7-8-9-10-12-15-20-18-23(29-21-16-13-11-14-17-21)22(25)19-24(20)30(26,27)28;/h11,13-14,16-19,25H,2-10,12,15H2,1H3,(H,26,27,28);/q;+1/p-1. The van der Waals surface area contributed by atoms with E-state index in [0.717, 1.165) is 25.3 Å². The molecule has 0 aliphatic carbocycles. The molecule has 0 spiro atoms. The number of ether oxygens (including phenoxy) is 1. The number of hydrogen-bond donors (Lipinski definition) is 1. The zero-order chi connectivity index (χ0) is 21.8. The Bertz CT molecular complexity index is 869. The van der Waals surface area contributed by atoms with Gasteiger partial charge in [-0.25, -0.2) is 0 Å². The molecule has 31 heavy (non-hydrogen) atoms. The first-order valence-electron chi connectivity index (χ1n) is 11.0. The van der Waals surface area contributed by atoms with E-state index in [9.17, 15) is 18.1 Å². The van der Waals surface area contributed by atoms with Gasteiger partial charge in [-0.05, 0) is 42.7 Å². The van der Waals surface area contributed by atoms with Gasteiger partial charge in [-0.3, -0.25) is 4.55 Å². The fourth-order valence-electron chi connectivity index (χ4n) is 3.52. The molecule has 0 aromatic heterocycles. The van der Waals surface area contributed by atoms with Crippen LogP contribution in [0, 0.1) is 0 Å². The molecule has 0 aliphatic rings. The Morgan fingerprint density at radius 1 is 0.871 bits per heavy atom. The molecule has 0 saturated heterocycles. The minimum atomic E-state index is -4.46. The third kappa shape index (κ3) is 10.8. The summed E-state index contributed by atoms with van der Waals surface area (Å²) in [7, 11) is -4.46. The number of benzene rings is 2. The SMILES string of the molecule is CCCCCCCCCCCCc1cc(Oc2ccccc2)c([O-])cc1S(=O)(=O)O.[K+]. The van der Waals surface area contributed by atoms with E-state index in [4.69, 9.17) is 4.74 Å². The van der Waals surface area contributed by atoms with Crippen LogP contribution in [0.4, 0.5) is 0 Å². The van der Waals surface area contributed by atoms with Gasteiger partial charge in [0.15, 0.2) is 0 Å². The Balaban J connectivity index is 0.00000480. The van der Waals surface area contributed by atoms with Crippen molar-refractivity contribution in [1.29, 1.82) is 0 Å². The molecule has 0 unspecified atom stereocenters. The van der Waals surface area contributed by atoms with Crippen LogP contribution >= 0.6 is 0 Å². The summed E-state index contributed by atoms with van der Waals surface area (Å²) in [6.45, 7) is 2.22. The molecule has 2 aromatic rings. The first-order valence-corrected chi connectivity index (χ1v) is 12.4. The largest absolute Gasteiger partial charge is 1.00 e. The van der Waals surface area contributed by atoms with Crippen molar-refractivity contribution in [2.24, 2.45) is 0 Å². The van der Waals surface area contributed by atoms with E-state index in [0.29, 0.717) is 17.7 Å². The third-order valence-electron chi connectivity index (χ3n) is 5.18. The van der Waals surface area contributed by atoms with Crippen LogP contribution in [0.5, 0.6) is 17.2 Å². The average molecular weight is 473 g/mol. The van der Waals surface area contributed by atoms with Gasteiger partial charge in [0, 0.05) is 0 Å². The Morgan fingerprint density at radius 3 is 1.97 bits per heavy atom. The fourth-order valence-corrected chi connectivity index (χ4v) is 4.27. The predicted octanol–water partition coefficient (Wildman–Crippen LogP) is 3.27. The second-order valence-electron chi connectivity index (χ2n) is 7.73. The molecule has 0 saturated carbocycles. The molecule has 0 amide bonds. The number of unbranched alkanes of at least 4 members (excludes halogenated alkanes) is 9. The number of para-hydroxylation sites is 1. The number of aryl methyl sites for hydroxylation is 1. The summed E-state index contributed by atoms with van der Waals surface area (Å²) in [6, 6.07) is 11.3. The Morgan fingerprint density at radius 2 is 1.42 bits per heavy atom. The van der Waals surface area contributed by atoms with Crippen LogP contribution in [0.2, 0.25) is 0 Å². The first-order chi connectivity index (χ1) is 14.4. The Hall–Kier alpha value is -0.414. The van der Waals surface area contributed by atoms with E-state index in [1.54, 1.807) is 24.3 Å². The quantitative estimate of drug-likeness (QED) is 0.259. The molecule has 0 bridgehead atoms. The third-order valence-corrected chi connectivity index (χ3v) is 6.11. The number of hydrogen-bond acceptors (Lipinski definition) is 4. The van der Waals surface area contributed by atoms with Crippen molar-refractivity contribution in [2.75, 3.05) is 0 Å². The summed E-state index contributed by atoms with van der Waals surface area (Å²) in [5.74, 6) is -0.00641. The summed E-state index contributed by atoms with van der Waals surface area (Å²) < 4.78 is 38.6. The second kappa shape index (κ2) is 15.4. The molecule has 0 heterocycles. The summed E-state index contributed by atoms with van der Waals surface area (Å²) in [6.07, 6.45) is 12.2. The van der Waals surface area contributed by atoms with Crippen LogP contribution in [0.3, 0.4) is 0 Å². The molecule has 0 fully saturated rings. The molecular formula is C24H33KO5S. The minimum Gasteiger partial charge on any atom is -0.870 e. The van der Waals surface area contributed by atoms with Crippen molar-refractivity contribution in [3.05, 3.63) is 48.0 Å². The molecule has 166 valence electrons.